The Labute approximate surface area is 158 Å². The number of aliphatic imine (C=N–C) groups is 1. The van der Waals surface area contributed by atoms with Gasteiger partial charge in [0, 0.05) is 38.2 Å². The van der Waals surface area contributed by atoms with Gasteiger partial charge in [-0.3, -0.25) is 4.99 Å². The van der Waals surface area contributed by atoms with Crippen LogP contribution < -0.4 is 15.4 Å². The largest absolute Gasteiger partial charge is 0.494 e. The molecule has 0 aromatic heterocycles. The molecule has 26 heavy (non-hydrogen) atoms. The van der Waals surface area contributed by atoms with Gasteiger partial charge in [0.05, 0.1) is 12.7 Å². The van der Waals surface area contributed by atoms with Gasteiger partial charge in [-0.2, -0.15) is 0 Å². The van der Waals surface area contributed by atoms with Crippen molar-refractivity contribution in [2.75, 3.05) is 26.8 Å². The number of hydrogen-bond donors (Lipinski definition) is 2. The van der Waals surface area contributed by atoms with E-state index in [-0.39, 0.29) is 11.5 Å². The van der Waals surface area contributed by atoms with Gasteiger partial charge in [0.2, 0.25) is 0 Å². The lowest BCUT2D eigenvalue weighted by atomic mass is 9.78. The highest BCUT2D eigenvalue weighted by atomic mass is 16.5. The fourth-order valence-electron chi connectivity index (χ4n) is 3.58. The van der Waals surface area contributed by atoms with Crippen LogP contribution in [0.15, 0.2) is 29.3 Å². The second-order valence-electron chi connectivity index (χ2n) is 7.91. The molecule has 2 rings (SSSR count). The Kier molecular flexibility index (Phi) is 7.76. The summed E-state index contributed by atoms with van der Waals surface area (Å²) in [5, 5.41) is 6.88. The lowest BCUT2D eigenvalue weighted by Gasteiger charge is -2.40. The van der Waals surface area contributed by atoms with E-state index >= 15 is 0 Å². The van der Waals surface area contributed by atoms with Gasteiger partial charge in [-0.25, -0.2) is 0 Å². The van der Waals surface area contributed by atoms with Crippen molar-refractivity contribution in [3.63, 3.8) is 0 Å². The Morgan fingerprint density at radius 1 is 1.27 bits per heavy atom. The number of benzene rings is 1. The van der Waals surface area contributed by atoms with E-state index in [2.05, 4.69) is 42.5 Å². The van der Waals surface area contributed by atoms with E-state index in [1.165, 1.54) is 6.42 Å². The molecule has 0 spiro atoms. The van der Waals surface area contributed by atoms with Crippen LogP contribution >= 0.6 is 0 Å². The maximum Gasteiger partial charge on any atom is 0.191 e. The molecular formula is C21H35N3O2. The van der Waals surface area contributed by atoms with Crippen LogP contribution in [0.5, 0.6) is 5.75 Å². The molecule has 0 amide bonds. The van der Waals surface area contributed by atoms with Crippen LogP contribution in [0.25, 0.3) is 0 Å². The molecule has 146 valence electrons. The molecule has 5 nitrogen and oxygen atoms in total. The first-order valence-corrected chi connectivity index (χ1v) is 9.72. The van der Waals surface area contributed by atoms with Crippen LogP contribution in [0.3, 0.4) is 0 Å². The molecule has 2 unspecified atom stereocenters. The van der Waals surface area contributed by atoms with Gasteiger partial charge in [-0.05, 0) is 31.2 Å². The fraction of sp³-hybridized carbons (Fsp3) is 0.667. The highest BCUT2D eigenvalue weighted by molar-refractivity contribution is 5.79. The van der Waals surface area contributed by atoms with Crippen molar-refractivity contribution in [3.8, 4) is 5.75 Å². The van der Waals surface area contributed by atoms with E-state index in [1.54, 1.807) is 0 Å². The number of nitrogens with zero attached hydrogens (tertiary/aromatic N) is 1. The summed E-state index contributed by atoms with van der Waals surface area (Å²) in [5.74, 6) is 2.24. The van der Waals surface area contributed by atoms with Crippen molar-refractivity contribution in [1.29, 1.82) is 0 Å². The molecule has 5 heteroatoms. The van der Waals surface area contributed by atoms with Crippen LogP contribution in [-0.4, -0.2) is 38.9 Å². The molecule has 0 bridgehead atoms. The normalized spacial score (nSPS) is 21.3. The average Bonchev–Trinajstić information content (AvgIpc) is 2.63. The zero-order chi connectivity index (χ0) is 19.0. The number of hydrogen-bond acceptors (Lipinski definition) is 3. The van der Waals surface area contributed by atoms with Crippen molar-refractivity contribution >= 4 is 5.96 Å². The van der Waals surface area contributed by atoms with Gasteiger partial charge in [-0.15, -0.1) is 0 Å². The summed E-state index contributed by atoms with van der Waals surface area (Å²) in [6, 6.07) is 8.11. The molecule has 1 aromatic carbocycles. The molecule has 0 radical (unpaired) electrons. The first-order chi connectivity index (χ1) is 12.5. The quantitative estimate of drug-likeness (QED) is 0.600. The lowest BCUT2D eigenvalue weighted by Crippen LogP contribution is -2.47. The molecule has 1 saturated heterocycles. The van der Waals surface area contributed by atoms with E-state index in [1.807, 2.05) is 32.2 Å². The van der Waals surface area contributed by atoms with Crippen LogP contribution in [0.4, 0.5) is 0 Å². The van der Waals surface area contributed by atoms with Crippen molar-refractivity contribution in [3.05, 3.63) is 29.8 Å². The minimum Gasteiger partial charge on any atom is -0.494 e. The maximum absolute atomic E-state index is 6.08. The number of rotatable bonds is 6. The summed E-state index contributed by atoms with van der Waals surface area (Å²) in [4.78, 5) is 4.36. The SMILES string of the molecule is CCOc1ccccc1CNC(=NC)NCC1CCCOC1C(C)(C)C. The predicted molar refractivity (Wildman–Crippen MR) is 108 cm³/mol. The van der Waals surface area contributed by atoms with Gasteiger partial charge in [-0.1, -0.05) is 39.0 Å². The highest BCUT2D eigenvalue weighted by Crippen LogP contribution is 2.33. The third kappa shape index (κ3) is 5.90. The Morgan fingerprint density at radius 2 is 2.04 bits per heavy atom. The zero-order valence-corrected chi connectivity index (χ0v) is 17.0. The molecule has 2 atom stereocenters. The van der Waals surface area contributed by atoms with E-state index in [4.69, 9.17) is 9.47 Å². The van der Waals surface area contributed by atoms with E-state index in [0.717, 1.165) is 36.8 Å². The topological polar surface area (TPSA) is 54.9 Å². The van der Waals surface area contributed by atoms with E-state index in [0.29, 0.717) is 19.1 Å². The Hall–Kier alpha value is -1.75. The Balaban J connectivity index is 1.90. The molecule has 0 aliphatic carbocycles. The second-order valence-corrected chi connectivity index (χ2v) is 7.91. The van der Waals surface area contributed by atoms with Crippen LogP contribution in [-0.2, 0) is 11.3 Å². The van der Waals surface area contributed by atoms with Crippen molar-refractivity contribution in [2.45, 2.75) is 53.2 Å². The minimum absolute atomic E-state index is 0.153. The van der Waals surface area contributed by atoms with Crippen LogP contribution in [0, 0.1) is 11.3 Å². The third-order valence-electron chi connectivity index (χ3n) is 4.77. The maximum atomic E-state index is 6.08. The Morgan fingerprint density at radius 3 is 2.73 bits per heavy atom. The van der Waals surface area contributed by atoms with Crippen molar-refractivity contribution in [1.82, 2.24) is 10.6 Å². The summed E-state index contributed by atoms with van der Waals surface area (Å²) in [7, 11) is 1.81. The summed E-state index contributed by atoms with van der Waals surface area (Å²) in [6.07, 6.45) is 2.60. The first kappa shape index (κ1) is 20.6. The molecule has 0 saturated carbocycles. The minimum atomic E-state index is 0.153. The van der Waals surface area contributed by atoms with Crippen LogP contribution in [0.1, 0.15) is 46.1 Å². The van der Waals surface area contributed by atoms with Crippen molar-refractivity contribution < 1.29 is 9.47 Å². The third-order valence-corrected chi connectivity index (χ3v) is 4.77. The molecule has 1 heterocycles. The summed E-state index contributed by atoms with van der Waals surface area (Å²) >= 11 is 0. The van der Waals surface area contributed by atoms with Gasteiger partial charge < -0.3 is 20.1 Å². The van der Waals surface area contributed by atoms with E-state index in [9.17, 15) is 0 Å². The van der Waals surface area contributed by atoms with Crippen LogP contribution in [0.2, 0.25) is 0 Å². The van der Waals surface area contributed by atoms with Gasteiger partial charge in [0.25, 0.3) is 0 Å². The monoisotopic (exact) mass is 361 g/mol. The summed E-state index contributed by atoms with van der Waals surface area (Å²) in [5.41, 5.74) is 1.28. The smallest absolute Gasteiger partial charge is 0.191 e. The molecule has 1 aliphatic rings. The number of para-hydroxylation sites is 1. The van der Waals surface area contributed by atoms with Crippen molar-refractivity contribution in [2.24, 2.45) is 16.3 Å². The average molecular weight is 362 g/mol. The van der Waals surface area contributed by atoms with Gasteiger partial charge >= 0.3 is 0 Å². The molecule has 1 aliphatic heterocycles. The second kappa shape index (κ2) is 9.81. The number of guanidine groups is 1. The summed E-state index contributed by atoms with van der Waals surface area (Å²) < 4.78 is 11.8. The number of ether oxygens (including phenoxy) is 2. The molecule has 1 aromatic rings. The standard InChI is InChI=1S/C21H35N3O2/c1-6-25-18-12-8-7-10-16(18)14-23-20(22-5)24-15-17-11-9-13-26-19(17)21(2,3)4/h7-8,10,12,17,19H,6,9,11,13-15H2,1-5H3,(H2,22,23,24). The fourth-order valence-corrected chi connectivity index (χ4v) is 3.58. The first-order valence-electron chi connectivity index (χ1n) is 9.72. The highest BCUT2D eigenvalue weighted by Gasteiger charge is 2.35. The summed E-state index contributed by atoms with van der Waals surface area (Å²) in [6.45, 7) is 11.9. The number of nitrogens with one attached hydrogen (secondary N) is 2. The lowest BCUT2D eigenvalue weighted by molar-refractivity contribution is -0.0835. The Bertz CT molecular complexity index is 581. The van der Waals surface area contributed by atoms with E-state index < -0.39 is 0 Å². The molecule has 1 fully saturated rings. The molecular weight excluding hydrogens is 326 g/mol. The predicted octanol–water partition coefficient (Wildman–Crippen LogP) is 3.59. The van der Waals surface area contributed by atoms with Gasteiger partial charge in [0.1, 0.15) is 5.75 Å². The van der Waals surface area contributed by atoms with Gasteiger partial charge in [0.15, 0.2) is 5.96 Å². The molecule has 2 N–H and O–H groups in total. The zero-order valence-electron chi connectivity index (χ0n) is 17.0.